The maximum absolute atomic E-state index is 11.5. The van der Waals surface area contributed by atoms with E-state index < -0.39 is 35.8 Å². The molecule has 0 saturated heterocycles. The molecule has 118 valence electrons. The van der Waals surface area contributed by atoms with E-state index in [9.17, 15) is 21.6 Å². The number of sulfone groups is 2. The predicted octanol–water partition coefficient (Wildman–Crippen LogP) is 1.08. The first kappa shape index (κ1) is 19.1. The number of hydrogen-bond donors (Lipinski definition) is 0. The van der Waals surface area contributed by atoms with Gasteiger partial charge in [-0.25, -0.2) is 21.6 Å². The standard InChI is InChI=1S/C12H22O6S2/c1-9(2)11(13)18-12(3,4)8-7-10(19(5,14)15)20(6,16)17/h10H,1,7-8H2,2-6H3. The van der Waals surface area contributed by atoms with Crippen molar-refractivity contribution in [3.63, 3.8) is 0 Å². The molecule has 0 aliphatic heterocycles. The maximum Gasteiger partial charge on any atom is 0.333 e. The molecule has 20 heavy (non-hydrogen) atoms. The molecule has 0 aromatic carbocycles. The summed E-state index contributed by atoms with van der Waals surface area (Å²) in [5.74, 6) is -0.592. The van der Waals surface area contributed by atoms with Crippen molar-refractivity contribution in [1.29, 1.82) is 0 Å². The topological polar surface area (TPSA) is 94.6 Å². The zero-order valence-electron chi connectivity index (χ0n) is 12.5. The van der Waals surface area contributed by atoms with Crippen molar-refractivity contribution in [3.8, 4) is 0 Å². The summed E-state index contributed by atoms with van der Waals surface area (Å²) in [6.07, 6.45) is 1.74. The van der Waals surface area contributed by atoms with Gasteiger partial charge in [-0.2, -0.15) is 0 Å². The molecular weight excluding hydrogens is 304 g/mol. The van der Waals surface area contributed by atoms with Crippen molar-refractivity contribution in [3.05, 3.63) is 12.2 Å². The Kier molecular flexibility index (Phi) is 5.98. The summed E-state index contributed by atoms with van der Waals surface area (Å²) >= 11 is 0. The first-order valence-corrected chi connectivity index (χ1v) is 9.84. The molecule has 0 amide bonds. The Morgan fingerprint density at radius 3 is 1.85 bits per heavy atom. The van der Waals surface area contributed by atoms with Gasteiger partial charge in [0.25, 0.3) is 0 Å². The average Bonchev–Trinajstić information content (AvgIpc) is 2.11. The summed E-state index contributed by atoms with van der Waals surface area (Å²) in [6.45, 7) is 8.13. The first-order chi connectivity index (χ1) is 8.67. The highest BCUT2D eigenvalue weighted by Gasteiger charge is 2.34. The molecule has 0 heterocycles. The Bertz CT molecular complexity index is 551. The van der Waals surface area contributed by atoms with Crippen LogP contribution in [-0.4, -0.2) is 45.5 Å². The molecule has 0 atom stereocenters. The molecule has 0 unspecified atom stereocenters. The molecule has 6 nitrogen and oxygen atoms in total. The van der Waals surface area contributed by atoms with Crippen LogP contribution in [0.3, 0.4) is 0 Å². The monoisotopic (exact) mass is 326 g/mol. The summed E-state index contributed by atoms with van der Waals surface area (Å²) in [4.78, 5) is 11.4. The zero-order valence-corrected chi connectivity index (χ0v) is 14.1. The Labute approximate surface area is 121 Å². The summed E-state index contributed by atoms with van der Waals surface area (Å²) in [6, 6.07) is 0. The Morgan fingerprint density at radius 1 is 1.15 bits per heavy atom. The highest BCUT2D eigenvalue weighted by Crippen LogP contribution is 2.23. The number of hydrogen-bond acceptors (Lipinski definition) is 6. The maximum atomic E-state index is 11.5. The minimum Gasteiger partial charge on any atom is -0.456 e. The molecule has 0 spiro atoms. The second kappa shape index (κ2) is 6.26. The van der Waals surface area contributed by atoms with Crippen LogP contribution in [0.2, 0.25) is 0 Å². The highest BCUT2D eigenvalue weighted by molar-refractivity contribution is 8.08. The van der Waals surface area contributed by atoms with Gasteiger partial charge in [-0.3, -0.25) is 0 Å². The largest absolute Gasteiger partial charge is 0.456 e. The van der Waals surface area contributed by atoms with Crippen LogP contribution >= 0.6 is 0 Å². The van der Waals surface area contributed by atoms with Crippen LogP contribution in [0.5, 0.6) is 0 Å². The molecule has 0 N–H and O–H groups in total. The normalized spacial score (nSPS) is 13.3. The molecule has 0 aromatic rings. The van der Waals surface area contributed by atoms with Crippen LogP contribution in [0.1, 0.15) is 33.6 Å². The third-order valence-corrected chi connectivity index (χ3v) is 7.13. The molecule has 0 fully saturated rings. The number of carbonyl (C=O) groups is 1. The SMILES string of the molecule is C=C(C)C(=O)OC(C)(C)CCC(S(C)(=O)=O)S(C)(=O)=O. The lowest BCUT2D eigenvalue weighted by molar-refractivity contribution is -0.151. The molecule has 0 bridgehead atoms. The number of esters is 1. The quantitative estimate of drug-likeness (QED) is 0.513. The molecule has 0 aromatic heterocycles. The fourth-order valence-electron chi connectivity index (χ4n) is 1.60. The lowest BCUT2D eigenvalue weighted by atomic mass is 10.0. The Hall–Kier alpha value is -0.890. The molecule has 0 radical (unpaired) electrons. The van der Waals surface area contributed by atoms with Gasteiger partial charge in [0.1, 0.15) is 5.60 Å². The number of rotatable bonds is 7. The average molecular weight is 326 g/mol. The van der Waals surface area contributed by atoms with E-state index in [1.165, 1.54) is 6.92 Å². The minimum atomic E-state index is -3.74. The van der Waals surface area contributed by atoms with Gasteiger partial charge < -0.3 is 4.74 Å². The summed E-state index contributed by atoms with van der Waals surface area (Å²) < 4.78 is 49.8. The molecule has 0 aliphatic carbocycles. The molecule has 0 saturated carbocycles. The van der Waals surface area contributed by atoms with Gasteiger partial charge in [0.2, 0.25) is 0 Å². The Balaban J connectivity index is 4.97. The third kappa shape index (κ3) is 6.51. The van der Waals surface area contributed by atoms with Crippen molar-refractivity contribution >= 4 is 25.6 Å². The van der Waals surface area contributed by atoms with E-state index in [-0.39, 0.29) is 18.4 Å². The summed E-state index contributed by atoms with van der Waals surface area (Å²) in [7, 11) is -7.47. The van der Waals surface area contributed by atoms with Crippen molar-refractivity contribution < 1.29 is 26.4 Å². The van der Waals surface area contributed by atoms with Crippen LogP contribution in [0.25, 0.3) is 0 Å². The smallest absolute Gasteiger partial charge is 0.333 e. The van der Waals surface area contributed by atoms with Crippen molar-refractivity contribution in [1.82, 2.24) is 0 Å². The fraction of sp³-hybridized carbons (Fsp3) is 0.750. The van der Waals surface area contributed by atoms with E-state index in [2.05, 4.69) is 6.58 Å². The van der Waals surface area contributed by atoms with Crippen molar-refractivity contribution in [2.45, 2.75) is 43.8 Å². The van der Waals surface area contributed by atoms with Gasteiger partial charge in [-0.1, -0.05) is 6.58 Å². The molecule has 0 rings (SSSR count). The van der Waals surface area contributed by atoms with E-state index >= 15 is 0 Å². The van der Waals surface area contributed by atoms with Crippen molar-refractivity contribution in [2.75, 3.05) is 12.5 Å². The van der Waals surface area contributed by atoms with E-state index in [1.807, 2.05) is 0 Å². The van der Waals surface area contributed by atoms with E-state index in [4.69, 9.17) is 4.74 Å². The van der Waals surface area contributed by atoms with Gasteiger partial charge >= 0.3 is 5.97 Å². The van der Waals surface area contributed by atoms with Crippen LogP contribution in [-0.2, 0) is 29.2 Å². The lowest BCUT2D eigenvalue weighted by Crippen LogP contribution is -2.34. The van der Waals surface area contributed by atoms with E-state index in [1.54, 1.807) is 13.8 Å². The first-order valence-electron chi connectivity index (χ1n) is 5.93. The van der Waals surface area contributed by atoms with Crippen LogP contribution in [0.15, 0.2) is 12.2 Å². The summed E-state index contributed by atoms with van der Waals surface area (Å²) in [5.41, 5.74) is -0.746. The van der Waals surface area contributed by atoms with Crippen LogP contribution < -0.4 is 0 Å². The molecular formula is C12H22O6S2. The lowest BCUT2D eigenvalue weighted by Gasteiger charge is -2.26. The Morgan fingerprint density at radius 2 is 1.55 bits per heavy atom. The molecule has 0 aliphatic rings. The highest BCUT2D eigenvalue weighted by atomic mass is 32.3. The van der Waals surface area contributed by atoms with Crippen molar-refractivity contribution in [2.24, 2.45) is 0 Å². The predicted molar refractivity (Wildman–Crippen MR) is 77.7 cm³/mol. The van der Waals surface area contributed by atoms with Gasteiger partial charge in [0.15, 0.2) is 24.3 Å². The third-order valence-electron chi connectivity index (χ3n) is 2.65. The van der Waals surface area contributed by atoms with Crippen LogP contribution in [0, 0.1) is 0 Å². The van der Waals surface area contributed by atoms with Gasteiger partial charge in [0, 0.05) is 18.1 Å². The number of ether oxygens (including phenoxy) is 1. The molecule has 8 heteroatoms. The van der Waals surface area contributed by atoms with E-state index in [0.29, 0.717) is 0 Å². The fourth-order valence-corrected chi connectivity index (χ4v) is 5.23. The zero-order chi connectivity index (χ0) is 16.4. The minimum absolute atomic E-state index is 0.108. The van der Waals surface area contributed by atoms with Gasteiger partial charge in [-0.15, -0.1) is 0 Å². The summed E-state index contributed by atoms with van der Waals surface area (Å²) in [5, 5.41) is 0. The number of carbonyl (C=O) groups excluding carboxylic acids is 1. The second-order valence-corrected chi connectivity index (χ2v) is 10.3. The second-order valence-electron chi connectivity index (χ2n) is 5.56. The van der Waals surface area contributed by atoms with Gasteiger partial charge in [-0.05, 0) is 33.6 Å². The van der Waals surface area contributed by atoms with E-state index in [0.717, 1.165) is 12.5 Å². The van der Waals surface area contributed by atoms with Gasteiger partial charge in [0.05, 0.1) is 0 Å². The van der Waals surface area contributed by atoms with Crippen LogP contribution in [0.4, 0.5) is 0 Å².